The number of carboxylic acids is 1. The van der Waals surface area contributed by atoms with Gasteiger partial charge in [-0.1, -0.05) is 116 Å². The predicted octanol–water partition coefficient (Wildman–Crippen LogP) is 6.32. The van der Waals surface area contributed by atoms with Crippen LogP contribution in [0.15, 0.2) is 109 Å². The maximum Gasteiger partial charge on any atom is 0.341 e. The molecule has 10 nitrogen and oxygen atoms in total. The Morgan fingerprint density at radius 2 is 1.50 bits per heavy atom. The third-order valence-corrected chi connectivity index (χ3v) is 7.80. The zero-order valence-electron chi connectivity index (χ0n) is 25.4. The zero-order chi connectivity index (χ0) is 31.9. The first-order valence-corrected chi connectivity index (χ1v) is 15.2. The van der Waals surface area contributed by atoms with Gasteiger partial charge in [-0.05, 0) is 40.3 Å². The molecule has 2 aromatic heterocycles. The van der Waals surface area contributed by atoms with Gasteiger partial charge in [0.1, 0.15) is 11.3 Å². The molecule has 0 bridgehead atoms. The number of aromatic carboxylic acids is 1. The summed E-state index contributed by atoms with van der Waals surface area (Å²) in [6.45, 7) is 3.35. The van der Waals surface area contributed by atoms with Crippen LogP contribution in [-0.2, 0) is 19.5 Å². The van der Waals surface area contributed by atoms with E-state index in [2.05, 4.69) is 20.6 Å². The van der Waals surface area contributed by atoms with Gasteiger partial charge in [0.25, 0.3) is 0 Å². The van der Waals surface area contributed by atoms with Crippen molar-refractivity contribution >= 4 is 17.6 Å². The molecular weight excluding hydrogens is 578 g/mol. The number of rotatable bonds is 13. The fourth-order valence-corrected chi connectivity index (χ4v) is 5.61. The van der Waals surface area contributed by atoms with Crippen LogP contribution in [0.1, 0.15) is 50.9 Å². The molecule has 0 spiro atoms. The Morgan fingerprint density at radius 3 is 2.15 bits per heavy atom. The molecule has 0 amide bonds. The Labute approximate surface area is 266 Å². The molecule has 0 aliphatic heterocycles. The van der Waals surface area contributed by atoms with Gasteiger partial charge in [0.15, 0.2) is 5.82 Å². The molecule has 230 valence electrons. The Balaban J connectivity index is 1.35. The predicted molar refractivity (Wildman–Crippen MR) is 176 cm³/mol. The molecular formula is C36H33N7O3. The lowest BCUT2D eigenvalue weighted by Gasteiger charge is -2.23. The highest BCUT2D eigenvalue weighted by atomic mass is 16.4. The molecule has 46 heavy (non-hydrogen) atoms. The number of aromatic amines is 1. The van der Waals surface area contributed by atoms with Crippen LogP contribution >= 0.6 is 0 Å². The van der Waals surface area contributed by atoms with E-state index in [4.69, 9.17) is 5.10 Å². The quantitative estimate of drug-likeness (QED) is 0.145. The number of benzene rings is 4. The fraction of sp³-hybridized carbons (Fsp3) is 0.167. The number of hydrogen-bond donors (Lipinski definition) is 2. The Hall–Kier alpha value is -5.90. The van der Waals surface area contributed by atoms with Crippen molar-refractivity contribution in [3.05, 3.63) is 137 Å². The van der Waals surface area contributed by atoms with Crippen LogP contribution in [0.4, 0.5) is 5.82 Å². The number of aromatic nitrogens is 6. The number of nitrogens with zero attached hydrogens (tertiary/aromatic N) is 6. The summed E-state index contributed by atoms with van der Waals surface area (Å²) < 4.78 is 1.57. The van der Waals surface area contributed by atoms with E-state index in [0.29, 0.717) is 37.4 Å². The summed E-state index contributed by atoms with van der Waals surface area (Å²) in [6, 6.07) is 34.6. The van der Waals surface area contributed by atoms with Crippen molar-refractivity contribution in [3.63, 3.8) is 0 Å². The summed E-state index contributed by atoms with van der Waals surface area (Å²) in [7, 11) is 0. The van der Waals surface area contributed by atoms with Crippen LogP contribution in [0.2, 0.25) is 0 Å². The fourth-order valence-electron chi connectivity index (χ4n) is 5.61. The van der Waals surface area contributed by atoms with Crippen LogP contribution < -0.4 is 4.90 Å². The van der Waals surface area contributed by atoms with E-state index in [0.717, 1.165) is 34.2 Å². The van der Waals surface area contributed by atoms with Gasteiger partial charge >= 0.3 is 5.97 Å². The van der Waals surface area contributed by atoms with Crippen LogP contribution in [0.25, 0.3) is 22.5 Å². The van der Waals surface area contributed by atoms with E-state index in [9.17, 15) is 14.7 Å². The first-order chi connectivity index (χ1) is 22.5. The normalized spacial score (nSPS) is 11.0. The number of tetrazole rings is 1. The number of H-pyrrole nitrogens is 1. The number of carbonyl (C=O) groups is 2. The summed E-state index contributed by atoms with van der Waals surface area (Å²) >= 11 is 0. The molecule has 4 aromatic carbocycles. The van der Waals surface area contributed by atoms with Crippen molar-refractivity contribution in [3.8, 4) is 22.5 Å². The number of hydrogen-bond acceptors (Lipinski definition) is 7. The highest BCUT2D eigenvalue weighted by molar-refractivity contribution is 6.15. The minimum Gasteiger partial charge on any atom is -0.477 e. The third kappa shape index (κ3) is 6.46. The molecule has 10 heteroatoms. The van der Waals surface area contributed by atoms with Gasteiger partial charge in [0, 0.05) is 30.8 Å². The van der Waals surface area contributed by atoms with E-state index >= 15 is 0 Å². The standard InChI is InChI=1S/C36H33N7O3/c1-2-22-42(24-26-17-19-27(20-18-26)29-15-9-10-16-30(29)34-37-40-41-38-34)35-31(36(45)46)32(33(44)28-13-7-4-8-14-28)43(39-35)23-21-25-11-5-3-6-12-25/h3-20H,2,21-24H2,1H3,(H,45,46)(H,37,38,40,41). The molecule has 6 aromatic rings. The number of carboxylic acid groups (broad SMARTS) is 1. The molecule has 2 N–H and O–H groups in total. The number of nitrogens with one attached hydrogen (secondary N) is 1. The molecule has 0 fully saturated rings. The van der Waals surface area contributed by atoms with E-state index in [1.807, 2.05) is 96.8 Å². The monoisotopic (exact) mass is 611 g/mol. The van der Waals surface area contributed by atoms with Gasteiger partial charge in [-0.3, -0.25) is 9.48 Å². The molecule has 0 saturated heterocycles. The largest absolute Gasteiger partial charge is 0.477 e. The van der Waals surface area contributed by atoms with Crippen LogP contribution in [0.5, 0.6) is 0 Å². The van der Waals surface area contributed by atoms with Gasteiger partial charge in [-0.25, -0.2) is 4.79 Å². The summed E-state index contributed by atoms with van der Waals surface area (Å²) in [5.74, 6) is -0.757. The van der Waals surface area contributed by atoms with Crippen molar-refractivity contribution in [1.29, 1.82) is 0 Å². The maximum atomic E-state index is 13.9. The topological polar surface area (TPSA) is 130 Å². The maximum absolute atomic E-state index is 13.9. The zero-order valence-corrected chi connectivity index (χ0v) is 25.4. The molecule has 0 radical (unpaired) electrons. The first kappa shape index (κ1) is 30.1. The van der Waals surface area contributed by atoms with Crippen LogP contribution in [0, 0.1) is 0 Å². The molecule has 0 unspecified atom stereocenters. The highest BCUT2D eigenvalue weighted by Crippen LogP contribution is 2.31. The van der Waals surface area contributed by atoms with Gasteiger partial charge in [0.2, 0.25) is 11.6 Å². The van der Waals surface area contributed by atoms with E-state index < -0.39 is 5.97 Å². The Bertz CT molecular complexity index is 1920. The number of aryl methyl sites for hydroxylation is 2. The summed E-state index contributed by atoms with van der Waals surface area (Å²) in [5.41, 5.74) is 5.27. The van der Waals surface area contributed by atoms with Gasteiger partial charge in [-0.15, -0.1) is 10.2 Å². The third-order valence-electron chi connectivity index (χ3n) is 7.80. The highest BCUT2D eigenvalue weighted by Gasteiger charge is 2.31. The van der Waals surface area contributed by atoms with E-state index in [1.165, 1.54) is 0 Å². The van der Waals surface area contributed by atoms with Gasteiger partial charge < -0.3 is 10.0 Å². The lowest BCUT2D eigenvalue weighted by Crippen LogP contribution is -2.26. The summed E-state index contributed by atoms with van der Waals surface area (Å²) in [4.78, 5) is 28.7. The second-order valence-corrected chi connectivity index (χ2v) is 10.9. The van der Waals surface area contributed by atoms with Gasteiger partial charge in [0.05, 0.1) is 0 Å². The number of anilines is 1. The Morgan fingerprint density at radius 1 is 0.826 bits per heavy atom. The van der Waals surface area contributed by atoms with Gasteiger partial charge in [-0.2, -0.15) is 10.3 Å². The number of ketones is 1. The number of carbonyl (C=O) groups excluding carboxylic acids is 1. The summed E-state index contributed by atoms with van der Waals surface area (Å²) in [6.07, 6.45) is 1.35. The van der Waals surface area contributed by atoms with Crippen LogP contribution in [-0.4, -0.2) is 53.8 Å². The average molecular weight is 612 g/mol. The first-order valence-electron chi connectivity index (χ1n) is 15.2. The van der Waals surface area contributed by atoms with Crippen molar-refractivity contribution < 1.29 is 14.7 Å². The molecule has 0 aliphatic rings. The smallest absolute Gasteiger partial charge is 0.341 e. The van der Waals surface area contributed by atoms with Crippen molar-refractivity contribution in [2.45, 2.75) is 32.9 Å². The minimum atomic E-state index is -1.19. The van der Waals surface area contributed by atoms with E-state index in [-0.39, 0.29) is 22.9 Å². The molecule has 2 heterocycles. The average Bonchev–Trinajstić information content (AvgIpc) is 3.77. The second-order valence-electron chi connectivity index (χ2n) is 10.9. The Kier molecular flexibility index (Phi) is 9.05. The molecule has 0 saturated carbocycles. The lowest BCUT2D eigenvalue weighted by atomic mass is 9.98. The van der Waals surface area contributed by atoms with Crippen molar-refractivity contribution in [1.82, 2.24) is 30.4 Å². The molecule has 0 atom stereocenters. The lowest BCUT2D eigenvalue weighted by molar-refractivity contribution is 0.0693. The second kappa shape index (κ2) is 13.8. The SMILES string of the molecule is CCCN(Cc1ccc(-c2ccccc2-c2nn[nH]n2)cc1)c1nn(CCc2ccccc2)c(C(=O)c2ccccc2)c1C(=O)O. The summed E-state index contributed by atoms with van der Waals surface area (Å²) in [5, 5.41) is 29.9. The molecule has 6 rings (SSSR count). The molecule has 0 aliphatic carbocycles. The van der Waals surface area contributed by atoms with E-state index in [1.54, 1.807) is 28.9 Å². The minimum absolute atomic E-state index is 0.0824. The van der Waals surface area contributed by atoms with Crippen molar-refractivity contribution in [2.24, 2.45) is 0 Å². The van der Waals surface area contributed by atoms with Crippen LogP contribution in [0.3, 0.4) is 0 Å². The van der Waals surface area contributed by atoms with Crippen molar-refractivity contribution in [2.75, 3.05) is 11.4 Å².